The van der Waals surface area contributed by atoms with E-state index >= 15 is 0 Å². The highest BCUT2D eigenvalue weighted by Gasteiger charge is 2.20. The van der Waals surface area contributed by atoms with Gasteiger partial charge < -0.3 is 5.32 Å². The van der Waals surface area contributed by atoms with Crippen molar-refractivity contribution in [3.8, 4) is 0 Å². The molecule has 1 heterocycles. The lowest BCUT2D eigenvalue weighted by atomic mass is 10.1. The Morgan fingerprint density at radius 2 is 2.22 bits per heavy atom. The first-order chi connectivity index (χ1) is 8.81. The highest BCUT2D eigenvalue weighted by atomic mass is 32.1. The molecule has 2 nitrogen and oxygen atoms in total. The van der Waals surface area contributed by atoms with Crippen LogP contribution in [0.2, 0.25) is 0 Å². The van der Waals surface area contributed by atoms with E-state index in [0.717, 1.165) is 30.4 Å². The van der Waals surface area contributed by atoms with Gasteiger partial charge in [-0.3, -0.25) is 0 Å². The Labute approximate surface area is 112 Å². The summed E-state index contributed by atoms with van der Waals surface area (Å²) >= 11 is 1.81. The highest BCUT2D eigenvalue weighted by molar-refractivity contribution is 7.18. The minimum Gasteiger partial charge on any atom is -0.310 e. The molecule has 1 aliphatic rings. The van der Waals surface area contributed by atoms with Gasteiger partial charge in [-0.05, 0) is 43.4 Å². The Balaban J connectivity index is 1.53. The SMILES string of the molecule is CC1CCC(CNCc2nc3ccccc3s2)C1. The van der Waals surface area contributed by atoms with Gasteiger partial charge in [0.15, 0.2) is 0 Å². The molecule has 0 aliphatic heterocycles. The number of nitrogens with zero attached hydrogens (tertiary/aromatic N) is 1. The van der Waals surface area contributed by atoms with Gasteiger partial charge in [0, 0.05) is 6.54 Å². The molecular formula is C15H20N2S. The van der Waals surface area contributed by atoms with Gasteiger partial charge >= 0.3 is 0 Å². The third-order valence-electron chi connectivity index (χ3n) is 3.85. The molecule has 0 radical (unpaired) electrons. The number of para-hydroxylation sites is 1. The molecule has 2 unspecified atom stereocenters. The fraction of sp³-hybridized carbons (Fsp3) is 0.533. The summed E-state index contributed by atoms with van der Waals surface area (Å²) in [5.41, 5.74) is 1.13. The van der Waals surface area contributed by atoms with E-state index in [9.17, 15) is 0 Å². The predicted octanol–water partition coefficient (Wildman–Crippen LogP) is 3.82. The second-order valence-corrected chi connectivity index (χ2v) is 6.61. The van der Waals surface area contributed by atoms with Crippen molar-refractivity contribution >= 4 is 21.6 Å². The first-order valence-electron chi connectivity index (χ1n) is 6.86. The average molecular weight is 260 g/mol. The van der Waals surface area contributed by atoms with Gasteiger partial charge in [0.1, 0.15) is 5.01 Å². The van der Waals surface area contributed by atoms with Crippen LogP contribution in [0.15, 0.2) is 24.3 Å². The number of benzene rings is 1. The van der Waals surface area contributed by atoms with E-state index in [1.54, 1.807) is 11.3 Å². The summed E-state index contributed by atoms with van der Waals surface area (Å²) in [6.07, 6.45) is 4.20. The minimum absolute atomic E-state index is 0.884. The maximum Gasteiger partial charge on any atom is 0.108 e. The van der Waals surface area contributed by atoms with Crippen molar-refractivity contribution in [2.45, 2.75) is 32.7 Å². The van der Waals surface area contributed by atoms with Crippen LogP contribution in [0.3, 0.4) is 0 Å². The van der Waals surface area contributed by atoms with Crippen molar-refractivity contribution in [3.63, 3.8) is 0 Å². The zero-order chi connectivity index (χ0) is 12.4. The molecule has 2 aromatic rings. The Morgan fingerprint density at radius 1 is 1.33 bits per heavy atom. The number of fused-ring (bicyclic) bond motifs is 1. The van der Waals surface area contributed by atoms with E-state index in [1.807, 2.05) is 0 Å². The lowest BCUT2D eigenvalue weighted by Crippen LogP contribution is -2.20. The largest absolute Gasteiger partial charge is 0.310 e. The van der Waals surface area contributed by atoms with Crippen molar-refractivity contribution in [3.05, 3.63) is 29.3 Å². The highest BCUT2D eigenvalue weighted by Crippen LogP contribution is 2.29. The molecule has 3 heteroatoms. The van der Waals surface area contributed by atoms with Crippen LogP contribution in [0.25, 0.3) is 10.2 Å². The van der Waals surface area contributed by atoms with Gasteiger partial charge in [0.25, 0.3) is 0 Å². The van der Waals surface area contributed by atoms with Gasteiger partial charge in [-0.15, -0.1) is 11.3 Å². The zero-order valence-corrected chi connectivity index (χ0v) is 11.7. The normalized spacial score (nSPS) is 23.8. The lowest BCUT2D eigenvalue weighted by molar-refractivity contribution is 0.470. The van der Waals surface area contributed by atoms with Crippen LogP contribution in [-0.2, 0) is 6.54 Å². The molecule has 18 heavy (non-hydrogen) atoms. The van der Waals surface area contributed by atoms with E-state index in [0.29, 0.717) is 0 Å². The molecule has 3 rings (SSSR count). The number of hydrogen-bond acceptors (Lipinski definition) is 3. The molecular weight excluding hydrogens is 240 g/mol. The second-order valence-electron chi connectivity index (χ2n) is 5.49. The van der Waals surface area contributed by atoms with Crippen molar-refractivity contribution in [2.75, 3.05) is 6.54 Å². The molecule has 0 amide bonds. The fourth-order valence-corrected chi connectivity index (χ4v) is 3.83. The van der Waals surface area contributed by atoms with Gasteiger partial charge in [-0.1, -0.05) is 25.5 Å². The zero-order valence-electron chi connectivity index (χ0n) is 10.9. The topological polar surface area (TPSA) is 24.9 Å². The average Bonchev–Trinajstić information content (AvgIpc) is 2.95. The third-order valence-corrected chi connectivity index (χ3v) is 4.89. The Kier molecular flexibility index (Phi) is 3.62. The first kappa shape index (κ1) is 12.1. The van der Waals surface area contributed by atoms with Crippen LogP contribution in [0, 0.1) is 11.8 Å². The van der Waals surface area contributed by atoms with E-state index in [-0.39, 0.29) is 0 Å². The van der Waals surface area contributed by atoms with E-state index in [4.69, 9.17) is 0 Å². The van der Waals surface area contributed by atoms with E-state index < -0.39 is 0 Å². The van der Waals surface area contributed by atoms with Crippen LogP contribution in [-0.4, -0.2) is 11.5 Å². The summed E-state index contributed by atoms with van der Waals surface area (Å²) in [6.45, 7) is 4.44. The van der Waals surface area contributed by atoms with Crippen LogP contribution in [0.5, 0.6) is 0 Å². The number of aromatic nitrogens is 1. The predicted molar refractivity (Wildman–Crippen MR) is 77.8 cm³/mol. The smallest absolute Gasteiger partial charge is 0.108 e. The standard InChI is InChI=1S/C15H20N2S/c1-11-6-7-12(8-11)9-16-10-15-17-13-4-2-3-5-14(13)18-15/h2-5,11-12,16H,6-10H2,1H3. The monoisotopic (exact) mass is 260 g/mol. The summed E-state index contributed by atoms with van der Waals surface area (Å²) in [7, 11) is 0. The third kappa shape index (κ3) is 2.73. The second kappa shape index (κ2) is 5.37. The van der Waals surface area contributed by atoms with Crippen LogP contribution in [0.1, 0.15) is 31.2 Å². The first-order valence-corrected chi connectivity index (χ1v) is 7.68. The molecule has 1 aromatic heterocycles. The van der Waals surface area contributed by atoms with Crippen molar-refractivity contribution in [1.82, 2.24) is 10.3 Å². The Morgan fingerprint density at radius 3 is 3.00 bits per heavy atom. The maximum atomic E-state index is 4.65. The van der Waals surface area contributed by atoms with Crippen molar-refractivity contribution in [2.24, 2.45) is 11.8 Å². The fourth-order valence-electron chi connectivity index (χ4n) is 2.89. The molecule has 0 bridgehead atoms. The number of rotatable bonds is 4. The molecule has 0 saturated heterocycles. The quantitative estimate of drug-likeness (QED) is 0.904. The van der Waals surface area contributed by atoms with E-state index in [2.05, 4.69) is 41.5 Å². The van der Waals surface area contributed by atoms with Crippen LogP contribution >= 0.6 is 11.3 Å². The molecule has 1 aromatic carbocycles. The van der Waals surface area contributed by atoms with Crippen LogP contribution < -0.4 is 5.32 Å². The molecule has 1 saturated carbocycles. The number of thiazole rings is 1. The summed E-state index contributed by atoms with van der Waals surface area (Å²) < 4.78 is 1.30. The summed E-state index contributed by atoms with van der Waals surface area (Å²) in [6, 6.07) is 8.37. The maximum absolute atomic E-state index is 4.65. The molecule has 1 N–H and O–H groups in total. The van der Waals surface area contributed by atoms with E-state index in [1.165, 1.54) is 29.0 Å². The molecule has 96 valence electrons. The number of hydrogen-bond donors (Lipinski definition) is 1. The Hall–Kier alpha value is -0.930. The molecule has 1 fully saturated rings. The van der Waals surface area contributed by atoms with Crippen molar-refractivity contribution in [1.29, 1.82) is 0 Å². The summed E-state index contributed by atoms with van der Waals surface area (Å²) in [5.74, 6) is 1.81. The summed E-state index contributed by atoms with van der Waals surface area (Å²) in [5, 5.41) is 4.78. The number of nitrogens with one attached hydrogen (secondary N) is 1. The minimum atomic E-state index is 0.884. The molecule has 1 aliphatic carbocycles. The van der Waals surface area contributed by atoms with Gasteiger partial charge in [-0.25, -0.2) is 4.98 Å². The lowest BCUT2D eigenvalue weighted by Gasteiger charge is -2.09. The Bertz CT molecular complexity index is 487. The van der Waals surface area contributed by atoms with Crippen molar-refractivity contribution < 1.29 is 0 Å². The summed E-state index contributed by atoms with van der Waals surface area (Å²) in [4.78, 5) is 4.65. The van der Waals surface area contributed by atoms with Gasteiger partial charge in [0.2, 0.25) is 0 Å². The molecule has 0 spiro atoms. The van der Waals surface area contributed by atoms with Crippen LogP contribution in [0.4, 0.5) is 0 Å². The van der Waals surface area contributed by atoms with Gasteiger partial charge in [0.05, 0.1) is 10.2 Å². The molecule has 2 atom stereocenters. The van der Waals surface area contributed by atoms with Gasteiger partial charge in [-0.2, -0.15) is 0 Å².